The molecule has 0 aromatic carbocycles. The van der Waals surface area contributed by atoms with Gasteiger partial charge in [-0.1, -0.05) is 60.5 Å². The first-order valence-corrected chi connectivity index (χ1v) is 6.05. The largest absolute Gasteiger partial charge is 0.360 e. The average molecular weight is 223 g/mol. The minimum Gasteiger partial charge on any atom is -0.360 e. The van der Waals surface area contributed by atoms with Crippen LogP contribution >= 0.6 is 0 Å². The predicted octanol–water partition coefficient (Wildman–Crippen LogP) is 4.39. The van der Waals surface area contributed by atoms with E-state index in [0.717, 1.165) is 11.5 Å². The maximum atomic E-state index is 5.60. The Morgan fingerprint density at radius 2 is 1.44 bits per heavy atom. The van der Waals surface area contributed by atoms with Crippen LogP contribution in [0.15, 0.2) is 4.52 Å². The smallest absolute Gasteiger partial charge is 0.145 e. The van der Waals surface area contributed by atoms with E-state index in [0.29, 0.717) is 5.92 Å². The molecule has 0 N–H and O–H groups in total. The molecule has 0 atom stereocenters. The lowest BCUT2D eigenvalue weighted by atomic mass is 9.80. The van der Waals surface area contributed by atoms with Gasteiger partial charge >= 0.3 is 0 Å². The van der Waals surface area contributed by atoms with E-state index in [1.807, 2.05) is 0 Å². The predicted molar refractivity (Wildman–Crippen MR) is 68.0 cm³/mol. The third-order valence-electron chi connectivity index (χ3n) is 2.70. The zero-order chi connectivity index (χ0) is 12.7. The van der Waals surface area contributed by atoms with E-state index in [9.17, 15) is 0 Å². The van der Waals surface area contributed by atoms with Gasteiger partial charge in [-0.3, -0.25) is 0 Å². The molecule has 0 bridgehead atoms. The Morgan fingerprint density at radius 3 is 1.75 bits per heavy atom. The zero-order valence-corrected chi connectivity index (χ0v) is 11.9. The molecule has 0 unspecified atom stereocenters. The van der Waals surface area contributed by atoms with E-state index < -0.39 is 0 Å². The molecule has 92 valence electrons. The normalized spacial score (nSPS) is 13.6. The van der Waals surface area contributed by atoms with Gasteiger partial charge in [0.25, 0.3) is 0 Å². The second-order valence-electron chi connectivity index (χ2n) is 6.93. The molecule has 0 spiro atoms. The second kappa shape index (κ2) is 3.90. The van der Waals surface area contributed by atoms with Crippen molar-refractivity contribution < 1.29 is 4.52 Å². The van der Waals surface area contributed by atoms with E-state index >= 15 is 0 Å². The maximum Gasteiger partial charge on any atom is 0.145 e. The van der Waals surface area contributed by atoms with Crippen LogP contribution in [0.2, 0.25) is 0 Å². The van der Waals surface area contributed by atoms with Crippen molar-refractivity contribution in [1.29, 1.82) is 0 Å². The lowest BCUT2D eigenvalue weighted by Crippen LogP contribution is -2.18. The fourth-order valence-corrected chi connectivity index (χ4v) is 1.91. The van der Waals surface area contributed by atoms with Gasteiger partial charge in [0.1, 0.15) is 5.76 Å². The Kier molecular flexibility index (Phi) is 3.24. The van der Waals surface area contributed by atoms with Gasteiger partial charge < -0.3 is 4.52 Å². The first kappa shape index (κ1) is 13.3. The van der Waals surface area contributed by atoms with E-state index in [-0.39, 0.29) is 10.8 Å². The Hall–Kier alpha value is -0.790. The monoisotopic (exact) mass is 223 g/mol. The molecule has 0 aliphatic heterocycles. The summed E-state index contributed by atoms with van der Waals surface area (Å²) in [6, 6.07) is 0. The highest BCUT2D eigenvalue weighted by molar-refractivity contribution is 5.34. The molecule has 0 fully saturated rings. The van der Waals surface area contributed by atoms with Gasteiger partial charge in [0, 0.05) is 16.4 Å². The molecule has 0 saturated heterocycles. The molecule has 0 aliphatic rings. The number of hydrogen-bond acceptors (Lipinski definition) is 2. The van der Waals surface area contributed by atoms with Crippen LogP contribution in [0.4, 0.5) is 0 Å². The van der Waals surface area contributed by atoms with Gasteiger partial charge in [0.2, 0.25) is 0 Å². The summed E-state index contributed by atoms with van der Waals surface area (Å²) in [5.41, 5.74) is 2.47. The highest BCUT2D eigenvalue weighted by Gasteiger charge is 2.32. The topological polar surface area (TPSA) is 26.0 Å². The molecule has 0 radical (unpaired) electrons. The molecule has 1 aromatic heterocycles. The van der Waals surface area contributed by atoms with Crippen molar-refractivity contribution in [3.05, 3.63) is 17.0 Å². The molecule has 1 aromatic rings. The van der Waals surface area contributed by atoms with E-state index in [2.05, 4.69) is 60.5 Å². The van der Waals surface area contributed by atoms with Crippen LogP contribution in [-0.2, 0) is 10.8 Å². The van der Waals surface area contributed by atoms with Gasteiger partial charge in [-0.05, 0) is 5.92 Å². The Balaban J connectivity index is 3.41. The van der Waals surface area contributed by atoms with Crippen molar-refractivity contribution in [2.24, 2.45) is 0 Å². The fraction of sp³-hybridized carbons (Fsp3) is 0.786. The van der Waals surface area contributed by atoms with Crippen molar-refractivity contribution in [2.75, 3.05) is 0 Å². The minimum atomic E-state index is 0.0239. The van der Waals surface area contributed by atoms with Crippen LogP contribution in [0, 0.1) is 0 Å². The molecule has 1 rings (SSSR count). The van der Waals surface area contributed by atoms with E-state index in [1.54, 1.807) is 0 Å². The van der Waals surface area contributed by atoms with Crippen molar-refractivity contribution >= 4 is 0 Å². The van der Waals surface area contributed by atoms with E-state index in [4.69, 9.17) is 4.52 Å². The summed E-state index contributed by atoms with van der Waals surface area (Å²) >= 11 is 0. The Morgan fingerprint density at radius 1 is 0.938 bits per heavy atom. The lowest BCUT2D eigenvalue weighted by Gasteiger charge is -2.22. The number of aromatic nitrogens is 1. The van der Waals surface area contributed by atoms with Gasteiger partial charge in [-0.2, -0.15) is 0 Å². The van der Waals surface area contributed by atoms with Crippen LogP contribution in [0.5, 0.6) is 0 Å². The molecule has 1 heterocycles. The summed E-state index contributed by atoms with van der Waals surface area (Å²) in [7, 11) is 0. The average Bonchev–Trinajstić information content (AvgIpc) is 2.43. The quantitative estimate of drug-likeness (QED) is 0.705. The van der Waals surface area contributed by atoms with Crippen LogP contribution < -0.4 is 0 Å². The van der Waals surface area contributed by atoms with Crippen LogP contribution in [0.1, 0.15) is 78.3 Å². The molecule has 0 amide bonds. The summed E-state index contributed by atoms with van der Waals surface area (Å²) in [4.78, 5) is 0. The summed E-state index contributed by atoms with van der Waals surface area (Å²) in [5.74, 6) is 1.49. The molecule has 2 nitrogen and oxygen atoms in total. The molecular formula is C14H25NO. The van der Waals surface area contributed by atoms with Gasteiger partial charge in [-0.15, -0.1) is 0 Å². The van der Waals surface area contributed by atoms with Gasteiger partial charge in [-0.25, -0.2) is 0 Å². The molecule has 0 aliphatic carbocycles. The highest BCUT2D eigenvalue weighted by Crippen LogP contribution is 2.37. The standard InChI is InChI=1S/C14H25NO/c1-9(2)10-11(13(3,4)5)15-16-12(10)14(6,7)8/h9H,1-8H3. The summed E-state index contributed by atoms with van der Waals surface area (Å²) < 4.78 is 5.60. The Bertz CT molecular complexity index is 330. The second-order valence-corrected chi connectivity index (χ2v) is 6.93. The first-order valence-electron chi connectivity index (χ1n) is 6.05. The molecule has 16 heavy (non-hydrogen) atoms. The number of nitrogens with zero attached hydrogens (tertiary/aromatic N) is 1. The highest BCUT2D eigenvalue weighted by atomic mass is 16.5. The Labute approximate surface area is 99.4 Å². The minimum absolute atomic E-state index is 0.0239. The van der Waals surface area contributed by atoms with Crippen LogP contribution in [-0.4, -0.2) is 5.16 Å². The summed E-state index contributed by atoms with van der Waals surface area (Å²) in [6.07, 6.45) is 0. The van der Waals surface area contributed by atoms with Crippen molar-refractivity contribution in [3.63, 3.8) is 0 Å². The van der Waals surface area contributed by atoms with Crippen LogP contribution in [0.25, 0.3) is 0 Å². The fourth-order valence-electron chi connectivity index (χ4n) is 1.91. The third kappa shape index (κ3) is 2.47. The first-order chi connectivity index (χ1) is 7.05. The van der Waals surface area contributed by atoms with Crippen molar-refractivity contribution in [3.8, 4) is 0 Å². The molecule has 0 saturated carbocycles. The SMILES string of the molecule is CC(C)c1c(C(C)(C)C)noc1C(C)(C)C. The van der Waals surface area contributed by atoms with E-state index in [1.165, 1.54) is 5.56 Å². The van der Waals surface area contributed by atoms with Crippen molar-refractivity contribution in [2.45, 2.75) is 72.1 Å². The van der Waals surface area contributed by atoms with Gasteiger partial charge in [0.05, 0.1) is 5.69 Å². The molecular weight excluding hydrogens is 198 g/mol. The number of rotatable bonds is 1. The van der Waals surface area contributed by atoms with Gasteiger partial charge in [0.15, 0.2) is 0 Å². The summed E-state index contributed by atoms with van der Waals surface area (Å²) in [5, 5.41) is 4.30. The lowest BCUT2D eigenvalue weighted by molar-refractivity contribution is 0.318. The summed E-state index contributed by atoms with van der Waals surface area (Å²) in [6.45, 7) is 17.5. The molecule has 2 heteroatoms. The maximum absolute atomic E-state index is 5.60. The zero-order valence-electron chi connectivity index (χ0n) is 11.9. The number of hydrogen-bond donors (Lipinski definition) is 0. The third-order valence-corrected chi connectivity index (χ3v) is 2.70. The van der Waals surface area contributed by atoms with Crippen molar-refractivity contribution in [1.82, 2.24) is 5.16 Å². The van der Waals surface area contributed by atoms with Crippen LogP contribution in [0.3, 0.4) is 0 Å².